The van der Waals surface area contributed by atoms with Gasteiger partial charge in [-0.3, -0.25) is 9.59 Å². The summed E-state index contributed by atoms with van der Waals surface area (Å²) < 4.78 is 10.6. The first-order valence-electron chi connectivity index (χ1n) is 23.3. The molecule has 0 saturated heterocycles. The molecule has 0 heterocycles. The van der Waals surface area contributed by atoms with Crippen LogP contribution in [0.4, 0.5) is 0 Å². The molecule has 1 unspecified atom stereocenters. The number of carbonyl (C=O) groups is 2. The van der Waals surface area contributed by atoms with Crippen LogP contribution in [0.15, 0.2) is 97.2 Å². The first-order valence-corrected chi connectivity index (χ1v) is 23.3. The van der Waals surface area contributed by atoms with Crippen molar-refractivity contribution < 1.29 is 24.2 Å². The molecule has 0 spiro atoms. The van der Waals surface area contributed by atoms with Gasteiger partial charge in [0.05, 0.1) is 6.61 Å². The summed E-state index contributed by atoms with van der Waals surface area (Å²) in [5.41, 5.74) is 0. The third kappa shape index (κ3) is 45.4. The summed E-state index contributed by atoms with van der Waals surface area (Å²) in [7, 11) is 0. The average Bonchev–Trinajstić information content (AvgIpc) is 3.21. The number of ether oxygens (including phenoxy) is 2. The average molecular weight is 791 g/mol. The second-order valence-electron chi connectivity index (χ2n) is 15.1. The van der Waals surface area contributed by atoms with E-state index in [9.17, 15) is 14.7 Å². The highest BCUT2D eigenvalue weighted by Crippen LogP contribution is 2.12. The summed E-state index contributed by atoms with van der Waals surface area (Å²) in [5.74, 6) is -0.628. The van der Waals surface area contributed by atoms with Crippen molar-refractivity contribution in [3.8, 4) is 0 Å². The van der Waals surface area contributed by atoms with Crippen molar-refractivity contribution in [2.45, 2.75) is 206 Å². The summed E-state index contributed by atoms with van der Waals surface area (Å²) in [5, 5.41) is 9.60. The molecule has 0 aromatic heterocycles. The highest BCUT2D eigenvalue weighted by molar-refractivity contribution is 5.70. The van der Waals surface area contributed by atoms with E-state index in [4.69, 9.17) is 9.47 Å². The Morgan fingerprint density at radius 3 is 1.16 bits per heavy atom. The van der Waals surface area contributed by atoms with Gasteiger partial charge in [0.15, 0.2) is 6.10 Å². The van der Waals surface area contributed by atoms with Crippen LogP contribution in [0.1, 0.15) is 200 Å². The van der Waals surface area contributed by atoms with E-state index >= 15 is 0 Å². The second-order valence-corrected chi connectivity index (χ2v) is 15.1. The minimum Gasteiger partial charge on any atom is -0.462 e. The Bertz CT molecular complexity index is 1120. The molecule has 0 aliphatic rings. The highest BCUT2D eigenvalue weighted by atomic mass is 16.6. The topological polar surface area (TPSA) is 72.8 Å². The molecule has 0 rings (SSSR count). The number of aliphatic hydroxyl groups is 1. The van der Waals surface area contributed by atoms with Crippen LogP contribution in [0.2, 0.25) is 0 Å². The van der Waals surface area contributed by atoms with Gasteiger partial charge in [-0.25, -0.2) is 0 Å². The molecule has 0 aliphatic carbocycles. The van der Waals surface area contributed by atoms with E-state index in [0.29, 0.717) is 12.8 Å². The Morgan fingerprint density at radius 2 is 0.754 bits per heavy atom. The molecule has 0 bridgehead atoms. The van der Waals surface area contributed by atoms with Gasteiger partial charge in [-0.1, -0.05) is 188 Å². The van der Waals surface area contributed by atoms with Crippen molar-refractivity contribution in [3.63, 3.8) is 0 Å². The maximum atomic E-state index is 12.2. The van der Waals surface area contributed by atoms with E-state index in [-0.39, 0.29) is 25.2 Å². The number of aliphatic hydroxyl groups excluding tert-OH is 1. The largest absolute Gasteiger partial charge is 0.462 e. The van der Waals surface area contributed by atoms with E-state index in [2.05, 4.69) is 111 Å². The molecule has 1 N–H and O–H groups in total. The summed E-state index contributed by atoms with van der Waals surface area (Å²) >= 11 is 0. The first-order chi connectivity index (χ1) is 28.1. The van der Waals surface area contributed by atoms with Crippen molar-refractivity contribution in [3.05, 3.63) is 97.2 Å². The quantitative estimate of drug-likeness (QED) is 0.0379. The van der Waals surface area contributed by atoms with Crippen LogP contribution in [0.25, 0.3) is 0 Å². The molecule has 0 amide bonds. The number of allylic oxidation sites excluding steroid dienone is 16. The van der Waals surface area contributed by atoms with Gasteiger partial charge < -0.3 is 14.6 Å². The second kappa shape index (κ2) is 47.2. The Morgan fingerprint density at radius 1 is 0.421 bits per heavy atom. The van der Waals surface area contributed by atoms with E-state index in [1.54, 1.807) is 0 Å². The molecule has 0 saturated carbocycles. The lowest BCUT2D eigenvalue weighted by atomic mass is 10.1. The maximum absolute atomic E-state index is 12.2. The Labute approximate surface area is 351 Å². The van der Waals surface area contributed by atoms with Gasteiger partial charge in [-0.15, -0.1) is 0 Å². The third-order valence-corrected chi connectivity index (χ3v) is 9.61. The van der Waals surface area contributed by atoms with Crippen molar-refractivity contribution in [2.75, 3.05) is 13.2 Å². The molecule has 0 aromatic rings. The zero-order chi connectivity index (χ0) is 41.4. The zero-order valence-corrected chi connectivity index (χ0v) is 36.8. The van der Waals surface area contributed by atoms with Crippen LogP contribution in [0.5, 0.6) is 0 Å². The molecule has 0 radical (unpaired) electrons. The molecule has 0 fully saturated rings. The standard InChI is InChI=1S/C52H86O5/c1-3-5-7-9-11-13-15-17-19-21-22-23-24-25-26-27-28-29-30-31-33-35-37-39-41-43-45-47-52(55)57-50(48-53)49-56-51(54)46-44-42-40-38-36-34-32-20-18-16-14-12-10-8-6-4-2/h5,7,11,13,17,19-20,22-23,25-26,28-29,31-33,50,53H,3-4,6,8-10,12,14-16,18,21,24,27,30,34-49H2,1-2H3/b7-5-,13-11-,19-17-,23-22-,26-25-,29-28-,32-20-,33-31-. The van der Waals surface area contributed by atoms with Crippen LogP contribution >= 0.6 is 0 Å². The molecule has 1 atom stereocenters. The molecular formula is C52H86O5. The summed E-state index contributed by atoms with van der Waals surface area (Å²) in [6.07, 6.45) is 66.2. The minimum absolute atomic E-state index is 0.0835. The smallest absolute Gasteiger partial charge is 0.306 e. The fourth-order valence-corrected chi connectivity index (χ4v) is 6.12. The van der Waals surface area contributed by atoms with Gasteiger partial charge in [-0.05, 0) is 96.3 Å². The van der Waals surface area contributed by atoms with E-state index in [1.807, 2.05) is 0 Å². The fraction of sp³-hybridized carbons (Fsp3) is 0.654. The van der Waals surface area contributed by atoms with Crippen molar-refractivity contribution in [2.24, 2.45) is 0 Å². The maximum Gasteiger partial charge on any atom is 0.306 e. The van der Waals surface area contributed by atoms with Crippen molar-refractivity contribution >= 4 is 11.9 Å². The molecule has 57 heavy (non-hydrogen) atoms. The molecule has 5 heteroatoms. The Balaban J connectivity index is 3.64. The Kier molecular flexibility index (Phi) is 44.6. The van der Waals surface area contributed by atoms with Crippen molar-refractivity contribution in [1.29, 1.82) is 0 Å². The summed E-state index contributed by atoms with van der Waals surface area (Å²) in [6.45, 7) is 3.99. The van der Waals surface area contributed by atoms with Gasteiger partial charge in [0.25, 0.3) is 0 Å². The first kappa shape index (κ1) is 53.8. The normalized spacial score (nSPS) is 13.1. The van der Waals surface area contributed by atoms with E-state index < -0.39 is 6.10 Å². The van der Waals surface area contributed by atoms with Gasteiger partial charge in [0.1, 0.15) is 6.61 Å². The van der Waals surface area contributed by atoms with Crippen LogP contribution in [0.3, 0.4) is 0 Å². The number of hydrogen-bond donors (Lipinski definition) is 1. The lowest BCUT2D eigenvalue weighted by molar-refractivity contribution is -0.161. The lowest BCUT2D eigenvalue weighted by Gasteiger charge is -2.15. The van der Waals surface area contributed by atoms with E-state index in [1.165, 1.54) is 64.2 Å². The number of rotatable bonds is 41. The summed E-state index contributed by atoms with van der Waals surface area (Å²) in [4.78, 5) is 24.4. The molecule has 324 valence electrons. The van der Waals surface area contributed by atoms with Crippen LogP contribution in [0, 0.1) is 0 Å². The molecule has 5 nitrogen and oxygen atoms in total. The number of esters is 2. The zero-order valence-electron chi connectivity index (χ0n) is 36.8. The molecule has 0 aromatic carbocycles. The number of hydrogen-bond acceptors (Lipinski definition) is 5. The third-order valence-electron chi connectivity index (χ3n) is 9.61. The highest BCUT2D eigenvalue weighted by Gasteiger charge is 2.16. The molecule has 0 aliphatic heterocycles. The van der Waals surface area contributed by atoms with Crippen LogP contribution in [-0.2, 0) is 19.1 Å². The van der Waals surface area contributed by atoms with Crippen LogP contribution < -0.4 is 0 Å². The van der Waals surface area contributed by atoms with Gasteiger partial charge in [0.2, 0.25) is 0 Å². The van der Waals surface area contributed by atoms with Crippen LogP contribution in [-0.4, -0.2) is 36.4 Å². The number of carbonyl (C=O) groups excluding carboxylic acids is 2. The predicted molar refractivity (Wildman–Crippen MR) is 246 cm³/mol. The monoisotopic (exact) mass is 791 g/mol. The molecular weight excluding hydrogens is 705 g/mol. The van der Waals surface area contributed by atoms with Crippen molar-refractivity contribution in [1.82, 2.24) is 0 Å². The number of unbranched alkanes of at least 4 members (excludes halogenated alkanes) is 17. The Hall–Kier alpha value is -3.18. The summed E-state index contributed by atoms with van der Waals surface area (Å²) in [6, 6.07) is 0. The van der Waals surface area contributed by atoms with E-state index in [0.717, 1.165) is 109 Å². The minimum atomic E-state index is -0.792. The van der Waals surface area contributed by atoms with Gasteiger partial charge in [0, 0.05) is 12.8 Å². The SMILES string of the molecule is CC/C=C\C/C=C\C/C=C\C/C=C\C/C=C\C/C=C\C/C=C\CCCCCCCC(=O)OC(CO)COC(=O)CCCCCCC/C=C\CCCCCCCCC. The predicted octanol–water partition coefficient (Wildman–Crippen LogP) is 15.2. The van der Waals surface area contributed by atoms with Gasteiger partial charge >= 0.3 is 11.9 Å². The lowest BCUT2D eigenvalue weighted by Crippen LogP contribution is -2.28. The van der Waals surface area contributed by atoms with Gasteiger partial charge in [-0.2, -0.15) is 0 Å². The fourth-order valence-electron chi connectivity index (χ4n) is 6.12.